The van der Waals surface area contributed by atoms with E-state index in [-0.39, 0.29) is 11.5 Å². The van der Waals surface area contributed by atoms with Crippen LogP contribution in [0.5, 0.6) is 11.5 Å². The second-order valence-electron chi connectivity index (χ2n) is 6.09. The number of halogens is 2. The molecule has 1 fully saturated rings. The Morgan fingerprint density at radius 1 is 1.24 bits per heavy atom. The lowest BCUT2D eigenvalue weighted by Crippen LogP contribution is -2.62. The number of nitrogens with one attached hydrogen (secondary N) is 1. The zero-order valence-electron chi connectivity index (χ0n) is 13.0. The van der Waals surface area contributed by atoms with Gasteiger partial charge in [-0.3, -0.25) is 0 Å². The van der Waals surface area contributed by atoms with Crippen molar-refractivity contribution < 1.29 is 9.47 Å². The van der Waals surface area contributed by atoms with Crippen LogP contribution in [0.3, 0.4) is 0 Å². The highest BCUT2D eigenvalue weighted by atomic mass is 79.9. The Kier molecular flexibility index (Phi) is 5.60. The van der Waals surface area contributed by atoms with E-state index in [9.17, 15) is 0 Å². The van der Waals surface area contributed by atoms with E-state index in [1.54, 1.807) is 7.11 Å². The van der Waals surface area contributed by atoms with Gasteiger partial charge in [0.1, 0.15) is 17.6 Å². The summed E-state index contributed by atoms with van der Waals surface area (Å²) in [6.07, 6.45) is 2.43. The van der Waals surface area contributed by atoms with Gasteiger partial charge in [-0.2, -0.15) is 0 Å². The highest BCUT2D eigenvalue weighted by Crippen LogP contribution is 2.45. The van der Waals surface area contributed by atoms with E-state index in [2.05, 4.69) is 57.9 Å². The standard InChI is InChI=1S/C16H23Br2NO2/c1-5-6-19-14-9-15(16(14,2)3)21-13-8-10(17)12(20-4)7-11(13)18/h7-8,14-15,19H,5-6,9H2,1-4H3. The first-order valence-corrected chi connectivity index (χ1v) is 8.91. The summed E-state index contributed by atoms with van der Waals surface area (Å²) >= 11 is 7.06. The summed E-state index contributed by atoms with van der Waals surface area (Å²) < 4.78 is 13.3. The minimum atomic E-state index is 0.140. The Balaban J connectivity index is 2.05. The van der Waals surface area contributed by atoms with E-state index in [4.69, 9.17) is 9.47 Å². The highest BCUT2D eigenvalue weighted by Gasteiger charge is 2.49. The summed E-state index contributed by atoms with van der Waals surface area (Å²) in [5.41, 5.74) is 0.140. The van der Waals surface area contributed by atoms with Gasteiger partial charge in [0.25, 0.3) is 0 Å². The normalized spacial score (nSPS) is 23.5. The Hall–Kier alpha value is -0.260. The molecule has 1 aliphatic carbocycles. The van der Waals surface area contributed by atoms with Gasteiger partial charge in [0.05, 0.1) is 16.1 Å². The summed E-state index contributed by atoms with van der Waals surface area (Å²) in [7, 11) is 1.66. The third-order valence-corrected chi connectivity index (χ3v) is 5.53. The first-order valence-electron chi connectivity index (χ1n) is 7.33. The number of hydrogen-bond acceptors (Lipinski definition) is 3. The van der Waals surface area contributed by atoms with Gasteiger partial charge in [-0.15, -0.1) is 0 Å². The predicted molar refractivity (Wildman–Crippen MR) is 93.3 cm³/mol. The van der Waals surface area contributed by atoms with Crippen LogP contribution in [-0.4, -0.2) is 25.8 Å². The molecule has 1 aliphatic rings. The molecular weight excluding hydrogens is 398 g/mol. The Labute approximate surface area is 144 Å². The lowest BCUT2D eigenvalue weighted by atomic mass is 9.64. The lowest BCUT2D eigenvalue weighted by molar-refractivity contribution is -0.0550. The van der Waals surface area contributed by atoms with Gasteiger partial charge in [0.15, 0.2) is 0 Å². The van der Waals surface area contributed by atoms with Crippen LogP contribution in [0.15, 0.2) is 21.1 Å². The molecule has 21 heavy (non-hydrogen) atoms. The summed E-state index contributed by atoms with van der Waals surface area (Å²) in [6.45, 7) is 7.79. The highest BCUT2D eigenvalue weighted by molar-refractivity contribution is 9.11. The molecule has 2 atom stereocenters. The monoisotopic (exact) mass is 419 g/mol. The molecule has 1 N–H and O–H groups in total. The quantitative estimate of drug-likeness (QED) is 0.719. The predicted octanol–water partition coefficient (Wildman–Crippen LogP) is 4.77. The maximum absolute atomic E-state index is 6.21. The first kappa shape index (κ1) is 17.1. The number of benzene rings is 1. The van der Waals surface area contributed by atoms with Crippen molar-refractivity contribution in [1.82, 2.24) is 5.32 Å². The fourth-order valence-electron chi connectivity index (χ4n) is 2.66. The molecule has 3 nitrogen and oxygen atoms in total. The van der Waals surface area contributed by atoms with Crippen molar-refractivity contribution in [3.63, 3.8) is 0 Å². The molecule has 0 aliphatic heterocycles. The minimum Gasteiger partial charge on any atom is -0.496 e. The summed E-state index contributed by atoms with van der Waals surface area (Å²) in [5, 5.41) is 3.60. The van der Waals surface area contributed by atoms with Crippen LogP contribution in [-0.2, 0) is 0 Å². The van der Waals surface area contributed by atoms with E-state index >= 15 is 0 Å². The summed E-state index contributed by atoms with van der Waals surface area (Å²) in [5.74, 6) is 1.65. The van der Waals surface area contributed by atoms with Crippen LogP contribution >= 0.6 is 31.9 Å². The molecule has 0 amide bonds. The molecule has 2 unspecified atom stereocenters. The molecule has 2 rings (SSSR count). The Bertz CT molecular complexity index is 505. The van der Waals surface area contributed by atoms with E-state index < -0.39 is 0 Å². The van der Waals surface area contributed by atoms with Crippen molar-refractivity contribution in [2.24, 2.45) is 5.41 Å². The van der Waals surface area contributed by atoms with Gasteiger partial charge < -0.3 is 14.8 Å². The number of methoxy groups -OCH3 is 1. The lowest BCUT2D eigenvalue weighted by Gasteiger charge is -2.51. The zero-order chi connectivity index (χ0) is 15.6. The zero-order valence-corrected chi connectivity index (χ0v) is 16.2. The molecule has 5 heteroatoms. The molecule has 1 aromatic rings. The molecule has 118 valence electrons. The number of ether oxygens (including phenoxy) is 2. The van der Waals surface area contributed by atoms with E-state index in [0.717, 1.165) is 39.8 Å². The van der Waals surface area contributed by atoms with Crippen molar-refractivity contribution >= 4 is 31.9 Å². The molecule has 0 spiro atoms. The molecular formula is C16H23Br2NO2. The van der Waals surface area contributed by atoms with Crippen LogP contribution < -0.4 is 14.8 Å². The first-order chi connectivity index (χ1) is 9.90. The van der Waals surface area contributed by atoms with E-state index in [0.29, 0.717) is 6.04 Å². The van der Waals surface area contributed by atoms with E-state index in [1.165, 1.54) is 0 Å². The van der Waals surface area contributed by atoms with Crippen LogP contribution in [0.1, 0.15) is 33.6 Å². The fourth-order valence-corrected chi connectivity index (χ4v) is 3.56. The SMILES string of the molecule is CCCNC1CC(Oc2cc(Br)c(OC)cc2Br)C1(C)C. The average molecular weight is 421 g/mol. The molecule has 1 aromatic carbocycles. The van der Waals surface area contributed by atoms with Crippen LogP contribution in [0.4, 0.5) is 0 Å². The van der Waals surface area contributed by atoms with Gasteiger partial charge in [-0.05, 0) is 57.0 Å². The molecule has 0 aromatic heterocycles. The Morgan fingerprint density at radius 3 is 2.43 bits per heavy atom. The average Bonchev–Trinajstić information content (AvgIpc) is 2.44. The van der Waals surface area contributed by atoms with Crippen molar-refractivity contribution in [2.45, 2.75) is 45.8 Å². The summed E-state index contributed by atoms with van der Waals surface area (Å²) in [6, 6.07) is 4.42. The minimum absolute atomic E-state index is 0.140. The van der Waals surface area contributed by atoms with Gasteiger partial charge in [-0.25, -0.2) is 0 Å². The van der Waals surface area contributed by atoms with Gasteiger partial charge in [0, 0.05) is 17.9 Å². The maximum atomic E-state index is 6.21. The summed E-state index contributed by atoms with van der Waals surface area (Å²) in [4.78, 5) is 0. The van der Waals surface area contributed by atoms with Crippen molar-refractivity contribution in [3.05, 3.63) is 21.1 Å². The van der Waals surface area contributed by atoms with Gasteiger partial charge in [0.2, 0.25) is 0 Å². The number of rotatable bonds is 6. The van der Waals surface area contributed by atoms with Gasteiger partial charge in [-0.1, -0.05) is 20.8 Å². The largest absolute Gasteiger partial charge is 0.496 e. The second-order valence-corrected chi connectivity index (χ2v) is 7.80. The fraction of sp³-hybridized carbons (Fsp3) is 0.625. The van der Waals surface area contributed by atoms with Crippen molar-refractivity contribution in [3.8, 4) is 11.5 Å². The second kappa shape index (κ2) is 6.88. The topological polar surface area (TPSA) is 30.5 Å². The smallest absolute Gasteiger partial charge is 0.135 e. The third kappa shape index (κ3) is 3.57. The third-order valence-electron chi connectivity index (χ3n) is 4.29. The maximum Gasteiger partial charge on any atom is 0.135 e. The van der Waals surface area contributed by atoms with Crippen molar-refractivity contribution in [2.75, 3.05) is 13.7 Å². The van der Waals surface area contributed by atoms with Crippen LogP contribution in [0.2, 0.25) is 0 Å². The molecule has 0 bridgehead atoms. The van der Waals surface area contributed by atoms with Crippen LogP contribution in [0.25, 0.3) is 0 Å². The molecule has 1 saturated carbocycles. The molecule has 0 saturated heterocycles. The number of hydrogen-bond donors (Lipinski definition) is 1. The van der Waals surface area contributed by atoms with Crippen LogP contribution in [0, 0.1) is 5.41 Å². The van der Waals surface area contributed by atoms with Gasteiger partial charge >= 0.3 is 0 Å². The Morgan fingerprint density at radius 2 is 1.86 bits per heavy atom. The molecule has 0 radical (unpaired) electrons. The molecule has 0 heterocycles. The van der Waals surface area contributed by atoms with Crippen molar-refractivity contribution in [1.29, 1.82) is 0 Å². The van der Waals surface area contributed by atoms with E-state index in [1.807, 2.05) is 12.1 Å².